The molecule has 0 unspecified atom stereocenters. The van der Waals surface area contributed by atoms with Crippen molar-refractivity contribution >= 4 is 23.1 Å². The van der Waals surface area contributed by atoms with Gasteiger partial charge in [0.2, 0.25) is 0 Å². The summed E-state index contributed by atoms with van der Waals surface area (Å²) in [5.74, 6) is 1.58. The first-order valence-electron chi connectivity index (χ1n) is 8.01. The molecule has 26 heavy (non-hydrogen) atoms. The third-order valence-electron chi connectivity index (χ3n) is 3.72. The number of ether oxygens (including phenoxy) is 2. The van der Waals surface area contributed by atoms with Gasteiger partial charge in [0, 0.05) is 5.56 Å². The number of aromatic nitrogens is 1. The molecule has 0 saturated heterocycles. The summed E-state index contributed by atoms with van der Waals surface area (Å²) in [7, 11) is 3.18. The number of methoxy groups -OCH3 is 2. The minimum atomic E-state index is -0.248. The molecule has 1 heterocycles. The highest BCUT2D eigenvalue weighted by Gasteiger charge is 2.08. The maximum Gasteiger partial charge on any atom is 0.256 e. The first-order chi connectivity index (χ1) is 12.7. The Kier molecular flexibility index (Phi) is 5.34. The zero-order chi connectivity index (χ0) is 18.4. The molecule has 1 amide bonds. The van der Waals surface area contributed by atoms with Gasteiger partial charge in [0.05, 0.1) is 31.8 Å². The van der Waals surface area contributed by atoms with E-state index in [1.807, 2.05) is 30.3 Å². The third-order valence-corrected chi connectivity index (χ3v) is 3.72. The molecule has 0 radical (unpaired) electrons. The van der Waals surface area contributed by atoms with Gasteiger partial charge in [-0.3, -0.25) is 4.79 Å². The average Bonchev–Trinajstić information content (AvgIpc) is 2.70. The molecular weight excluding hydrogens is 330 g/mol. The SMILES string of the molecule is COc1cccc(C(=O)Nc2ccc(Nc3ccccc3OC)cn2)c1. The quantitative estimate of drug-likeness (QED) is 0.701. The summed E-state index contributed by atoms with van der Waals surface area (Å²) in [5.41, 5.74) is 2.13. The van der Waals surface area contributed by atoms with E-state index in [1.165, 1.54) is 0 Å². The maximum atomic E-state index is 12.3. The molecule has 0 aliphatic rings. The highest BCUT2D eigenvalue weighted by Crippen LogP contribution is 2.27. The molecule has 3 rings (SSSR count). The van der Waals surface area contributed by atoms with Gasteiger partial charge in [0.1, 0.15) is 17.3 Å². The summed E-state index contributed by atoms with van der Waals surface area (Å²) >= 11 is 0. The van der Waals surface area contributed by atoms with Crippen LogP contribution >= 0.6 is 0 Å². The number of nitrogens with zero attached hydrogens (tertiary/aromatic N) is 1. The number of benzene rings is 2. The van der Waals surface area contributed by atoms with E-state index in [0.29, 0.717) is 17.1 Å². The molecule has 0 aliphatic heterocycles. The van der Waals surface area contributed by atoms with Gasteiger partial charge in [-0.05, 0) is 42.5 Å². The molecule has 2 aromatic carbocycles. The monoisotopic (exact) mass is 349 g/mol. The van der Waals surface area contributed by atoms with Crippen molar-refractivity contribution < 1.29 is 14.3 Å². The van der Waals surface area contributed by atoms with Crippen molar-refractivity contribution in [2.45, 2.75) is 0 Å². The van der Waals surface area contributed by atoms with Crippen LogP contribution in [0.5, 0.6) is 11.5 Å². The number of nitrogens with one attached hydrogen (secondary N) is 2. The van der Waals surface area contributed by atoms with Crippen LogP contribution < -0.4 is 20.1 Å². The Morgan fingerprint density at radius 1 is 0.962 bits per heavy atom. The normalized spacial score (nSPS) is 10.1. The van der Waals surface area contributed by atoms with E-state index >= 15 is 0 Å². The lowest BCUT2D eigenvalue weighted by molar-refractivity contribution is 0.102. The van der Waals surface area contributed by atoms with Crippen molar-refractivity contribution in [3.05, 3.63) is 72.4 Å². The molecule has 0 aliphatic carbocycles. The van der Waals surface area contributed by atoms with E-state index in [4.69, 9.17) is 9.47 Å². The van der Waals surface area contributed by atoms with Crippen LogP contribution in [0.2, 0.25) is 0 Å². The van der Waals surface area contributed by atoms with E-state index < -0.39 is 0 Å². The van der Waals surface area contributed by atoms with Gasteiger partial charge in [-0.2, -0.15) is 0 Å². The molecule has 0 atom stereocenters. The van der Waals surface area contributed by atoms with Crippen molar-refractivity contribution in [1.82, 2.24) is 4.98 Å². The van der Waals surface area contributed by atoms with Gasteiger partial charge in [0.15, 0.2) is 0 Å². The van der Waals surface area contributed by atoms with Crippen LogP contribution in [-0.2, 0) is 0 Å². The number of amides is 1. The van der Waals surface area contributed by atoms with Crippen molar-refractivity contribution in [1.29, 1.82) is 0 Å². The van der Waals surface area contributed by atoms with Crippen molar-refractivity contribution in [3.63, 3.8) is 0 Å². The van der Waals surface area contributed by atoms with Crippen LogP contribution in [0, 0.1) is 0 Å². The lowest BCUT2D eigenvalue weighted by Crippen LogP contribution is -2.13. The topological polar surface area (TPSA) is 72.5 Å². The Labute approximate surface area is 151 Å². The number of hydrogen-bond donors (Lipinski definition) is 2. The average molecular weight is 349 g/mol. The molecule has 3 aromatic rings. The molecule has 132 valence electrons. The summed E-state index contributed by atoms with van der Waals surface area (Å²) < 4.78 is 10.4. The molecule has 1 aromatic heterocycles. The second-order valence-corrected chi connectivity index (χ2v) is 5.44. The number of anilines is 3. The van der Waals surface area contributed by atoms with E-state index in [1.54, 1.807) is 50.7 Å². The fourth-order valence-corrected chi connectivity index (χ4v) is 2.40. The predicted molar refractivity (Wildman–Crippen MR) is 101 cm³/mol. The summed E-state index contributed by atoms with van der Waals surface area (Å²) in [6.45, 7) is 0. The van der Waals surface area contributed by atoms with Gasteiger partial charge >= 0.3 is 0 Å². The minimum Gasteiger partial charge on any atom is -0.497 e. The Hall–Kier alpha value is -3.54. The molecule has 2 N–H and O–H groups in total. The Balaban J connectivity index is 1.68. The Morgan fingerprint density at radius 3 is 2.54 bits per heavy atom. The highest BCUT2D eigenvalue weighted by molar-refractivity contribution is 6.04. The van der Waals surface area contributed by atoms with Crippen LogP contribution in [0.25, 0.3) is 0 Å². The van der Waals surface area contributed by atoms with Gasteiger partial charge < -0.3 is 20.1 Å². The number of carbonyl (C=O) groups excluding carboxylic acids is 1. The molecular formula is C20H19N3O3. The largest absolute Gasteiger partial charge is 0.497 e. The fourth-order valence-electron chi connectivity index (χ4n) is 2.40. The molecule has 0 fully saturated rings. The van der Waals surface area contributed by atoms with Crippen LogP contribution in [0.3, 0.4) is 0 Å². The van der Waals surface area contributed by atoms with Gasteiger partial charge in [-0.1, -0.05) is 18.2 Å². The lowest BCUT2D eigenvalue weighted by atomic mass is 10.2. The van der Waals surface area contributed by atoms with E-state index in [-0.39, 0.29) is 5.91 Å². The highest BCUT2D eigenvalue weighted by atomic mass is 16.5. The van der Waals surface area contributed by atoms with Crippen LogP contribution in [0.1, 0.15) is 10.4 Å². The molecule has 0 bridgehead atoms. The van der Waals surface area contributed by atoms with Crippen molar-refractivity contribution in [2.75, 3.05) is 24.9 Å². The van der Waals surface area contributed by atoms with E-state index in [0.717, 1.165) is 17.1 Å². The number of hydrogen-bond acceptors (Lipinski definition) is 5. The molecule has 0 spiro atoms. The number of rotatable bonds is 6. The number of pyridine rings is 1. The minimum absolute atomic E-state index is 0.248. The zero-order valence-electron chi connectivity index (χ0n) is 14.5. The summed E-state index contributed by atoms with van der Waals surface area (Å²) in [6, 6.07) is 18.1. The smallest absolute Gasteiger partial charge is 0.256 e. The summed E-state index contributed by atoms with van der Waals surface area (Å²) in [6.07, 6.45) is 1.65. The second-order valence-electron chi connectivity index (χ2n) is 5.44. The summed E-state index contributed by atoms with van der Waals surface area (Å²) in [4.78, 5) is 16.6. The number of para-hydroxylation sites is 2. The molecule has 6 nitrogen and oxygen atoms in total. The van der Waals surface area contributed by atoms with Crippen LogP contribution in [0.15, 0.2) is 66.9 Å². The van der Waals surface area contributed by atoms with E-state index in [9.17, 15) is 4.79 Å². The van der Waals surface area contributed by atoms with Gasteiger partial charge in [0.25, 0.3) is 5.91 Å². The Bertz CT molecular complexity index is 895. The fraction of sp³-hybridized carbons (Fsp3) is 0.100. The lowest BCUT2D eigenvalue weighted by Gasteiger charge is -2.11. The first-order valence-corrected chi connectivity index (χ1v) is 8.01. The standard InChI is InChI=1S/C20H19N3O3/c1-25-16-7-5-6-14(12-16)20(24)23-19-11-10-15(13-21-19)22-17-8-3-4-9-18(17)26-2/h3-13,22H,1-2H3,(H,21,23,24). The molecule has 6 heteroatoms. The van der Waals surface area contributed by atoms with Crippen molar-refractivity contribution in [3.8, 4) is 11.5 Å². The summed E-state index contributed by atoms with van der Waals surface area (Å²) in [5, 5.41) is 6.00. The van der Waals surface area contributed by atoms with Crippen molar-refractivity contribution in [2.24, 2.45) is 0 Å². The second kappa shape index (κ2) is 8.02. The number of carbonyl (C=O) groups is 1. The Morgan fingerprint density at radius 2 is 1.81 bits per heavy atom. The predicted octanol–water partition coefficient (Wildman–Crippen LogP) is 4.09. The third kappa shape index (κ3) is 4.10. The van der Waals surface area contributed by atoms with E-state index in [2.05, 4.69) is 15.6 Å². The maximum absolute atomic E-state index is 12.3. The van der Waals surface area contributed by atoms with Gasteiger partial charge in [-0.15, -0.1) is 0 Å². The zero-order valence-corrected chi connectivity index (χ0v) is 14.5. The first kappa shape index (κ1) is 17.3. The van der Waals surface area contributed by atoms with Gasteiger partial charge in [-0.25, -0.2) is 4.98 Å². The molecule has 0 saturated carbocycles. The van der Waals surface area contributed by atoms with Crippen LogP contribution in [0.4, 0.5) is 17.2 Å². The van der Waals surface area contributed by atoms with Crippen LogP contribution in [-0.4, -0.2) is 25.1 Å².